The summed E-state index contributed by atoms with van der Waals surface area (Å²) < 4.78 is 2.37. The van der Waals surface area contributed by atoms with Gasteiger partial charge in [0, 0.05) is 66.0 Å². The van der Waals surface area contributed by atoms with Crippen LogP contribution in [0, 0.1) is 27.7 Å². The first kappa shape index (κ1) is 42.7. The number of nitrogen functional groups attached to an aromatic ring is 1. The molecule has 0 radical (unpaired) electrons. The lowest BCUT2D eigenvalue weighted by molar-refractivity contribution is -0.134. The summed E-state index contributed by atoms with van der Waals surface area (Å²) in [6.07, 6.45) is 0. The van der Waals surface area contributed by atoms with Crippen molar-refractivity contribution in [2.24, 2.45) is 0 Å². The molecule has 0 aliphatic rings. The number of aryl methyl sites for hydroxylation is 4. The first-order valence-corrected chi connectivity index (χ1v) is 20.7. The van der Waals surface area contributed by atoms with Gasteiger partial charge in [0.25, 0.3) is 17.8 Å². The summed E-state index contributed by atoms with van der Waals surface area (Å²) in [6, 6.07) is 39.3. The third-order valence-corrected chi connectivity index (χ3v) is 11.5. The molecule has 0 unspecified atom stereocenters. The Balaban J connectivity index is 0.000000185. The highest BCUT2D eigenvalue weighted by atomic mass is 32.1. The molecule has 0 saturated carbocycles. The van der Waals surface area contributed by atoms with Crippen molar-refractivity contribution in [3.05, 3.63) is 155 Å². The van der Waals surface area contributed by atoms with Crippen LogP contribution in [0.4, 0.5) is 22.7 Å². The number of aromatic nitrogens is 2. The Labute approximate surface area is 357 Å². The van der Waals surface area contributed by atoms with E-state index in [2.05, 4.69) is 54.8 Å². The average Bonchev–Trinajstić information content (AvgIpc) is 3.82. The molecule has 0 aliphatic heterocycles. The molecule has 5 N–H and O–H groups in total. The summed E-state index contributed by atoms with van der Waals surface area (Å²) in [5, 5.41) is 15.3. The largest absolute Gasteiger partial charge is 0.481 e. The van der Waals surface area contributed by atoms with E-state index in [1.807, 2.05) is 106 Å². The number of hydrogen-bond acceptors (Lipinski definition) is 9. The van der Waals surface area contributed by atoms with E-state index in [-0.39, 0.29) is 11.8 Å². The molecule has 6 aromatic carbocycles. The van der Waals surface area contributed by atoms with Gasteiger partial charge in [-0.1, -0.05) is 12.1 Å². The molecule has 10 nitrogen and oxygen atoms in total. The van der Waals surface area contributed by atoms with Crippen molar-refractivity contribution in [3.8, 4) is 21.1 Å². The highest BCUT2D eigenvalue weighted by Gasteiger charge is 2.13. The zero-order chi connectivity index (χ0) is 43.1. The van der Waals surface area contributed by atoms with Crippen LogP contribution in [0.5, 0.6) is 0 Å². The van der Waals surface area contributed by atoms with Crippen LogP contribution < -0.4 is 21.3 Å². The van der Waals surface area contributed by atoms with Gasteiger partial charge in [0.1, 0.15) is 10.0 Å². The molecule has 60 heavy (non-hydrogen) atoms. The zero-order valence-electron chi connectivity index (χ0n) is 34.5. The van der Waals surface area contributed by atoms with Crippen LogP contribution in [0.2, 0.25) is 0 Å². The summed E-state index contributed by atoms with van der Waals surface area (Å²) in [7, 11) is 3.98. The predicted octanol–water partition coefficient (Wildman–Crippen LogP) is 11.4. The van der Waals surface area contributed by atoms with E-state index in [1.54, 1.807) is 40.9 Å². The van der Waals surface area contributed by atoms with Gasteiger partial charge in [0.15, 0.2) is 0 Å². The predicted molar refractivity (Wildman–Crippen MR) is 250 cm³/mol. The molecule has 0 fully saturated rings. The fraction of sp³-hybridized carbons (Fsp3) is 0.146. The minimum Gasteiger partial charge on any atom is -0.481 e. The number of carboxylic acid groups (broad SMARTS) is 1. The Hall–Kier alpha value is -6.89. The van der Waals surface area contributed by atoms with Crippen molar-refractivity contribution in [2.75, 3.05) is 35.4 Å². The second-order valence-electron chi connectivity index (χ2n) is 14.5. The second kappa shape index (κ2) is 18.8. The van der Waals surface area contributed by atoms with E-state index in [1.165, 1.54) is 20.5 Å². The molecule has 0 bridgehead atoms. The summed E-state index contributed by atoms with van der Waals surface area (Å²) in [4.78, 5) is 45.6. The number of carboxylic acids is 1. The van der Waals surface area contributed by atoms with Gasteiger partial charge in [-0.3, -0.25) is 14.4 Å². The monoisotopic (exact) mass is 834 g/mol. The SMILES string of the molecule is CC(=O)O.Cc1ccc2nc(-c3ccc(NC(=O)c4ccc(N(C)C)cc4C)cc3)sc2c1.Cc1ccc2nc(-c3ccc(NC(=O)c4ccc(N)cc4C)cc3)sc2c1. The Kier molecular flexibility index (Phi) is 13.4. The van der Waals surface area contributed by atoms with Crippen molar-refractivity contribution >= 4 is 83.6 Å². The van der Waals surface area contributed by atoms with Crippen LogP contribution in [-0.2, 0) is 4.79 Å². The Morgan fingerprint density at radius 1 is 0.583 bits per heavy atom. The Morgan fingerprint density at radius 3 is 1.40 bits per heavy atom. The molecule has 304 valence electrons. The number of amides is 2. The van der Waals surface area contributed by atoms with Crippen LogP contribution in [0.25, 0.3) is 41.6 Å². The lowest BCUT2D eigenvalue weighted by Gasteiger charge is -2.15. The highest BCUT2D eigenvalue weighted by Crippen LogP contribution is 2.33. The van der Waals surface area contributed by atoms with Gasteiger partial charge in [0.2, 0.25) is 0 Å². The molecule has 0 spiro atoms. The number of fused-ring (bicyclic) bond motifs is 2. The van der Waals surface area contributed by atoms with E-state index in [0.29, 0.717) is 16.8 Å². The summed E-state index contributed by atoms with van der Waals surface area (Å²) in [5.41, 5.74) is 18.7. The maximum Gasteiger partial charge on any atom is 0.300 e. The van der Waals surface area contributed by atoms with Crippen molar-refractivity contribution < 1.29 is 19.5 Å². The van der Waals surface area contributed by atoms with E-state index in [4.69, 9.17) is 25.6 Å². The number of hydrogen-bond donors (Lipinski definition) is 4. The number of carbonyl (C=O) groups is 3. The maximum absolute atomic E-state index is 12.7. The zero-order valence-corrected chi connectivity index (χ0v) is 36.1. The maximum atomic E-state index is 12.7. The average molecular weight is 835 g/mol. The van der Waals surface area contributed by atoms with Crippen LogP contribution in [0.3, 0.4) is 0 Å². The number of nitrogens with two attached hydrogens (primary N) is 1. The number of benzene rings is 6. The number of aliphatic carboxylic acids is 1. The van der Waals surface area contributed by atoms with Crippen LogP contribution in [0.15, 0.2) is 121 Å². The van der Waals surface area contributed by atoms with Crippen molar-refractivity contribution in [1.29, 1.82) is 0 Å². The van der Waals surface area contributed by atoms with Gasteiger partial charge in [-0.05, 0) is 159 Å². The number of nitrogens with zero attached hydrogens (tertiary/aromatic N) is 3. The lowest BCUT2D eigenvalue weighted by atomic mass is 10.1. The molecule has 2 aromatic heterocycles. The molecular formula is C48H46N6O4S2. The number of nitrogens with one attached hydrogen (secondary N) is 2. The first-order valence-electron chi connectivity index (χ1n) is 19.0. The second-order valence-corrected chi connectivity index (χ2v) is 16.6. The summed E-state index contributed by atoms with van der Waals surface area (Å²) in [5.74, 6) is -1.08. The van der Waals surface area contributed by atoms with E-state index >= 15 is 0 Å². The molecule has 8 rings (SSSR count). The minimum atomic E-state index is -0.833. The fourth-order valence-corrected chi connectivity index (χ4v) is 8.36. The van der Waals surface area contributed by atoms with Crippen LogP contribution in [0.1, 0.15) is 49.9 Å². The molecular weight excluding hydrogens is 789 g/mol. The quantitative estimate of drug-likeness (QED) is 0.116. The van der Waals surface area contributed by atoms with Gasteiger partial charge in [-0.25, -0.2) is 9.97 Å². The standard InChI is InChI=1S/C24H23N3OS.C22H19N3OS.C2H4O2/c1-15-5-12-21-22(13-15)29-24(26-21)17-6-8-18(9-7-17)25-23(28)20-11-10-19(27(3)4)14-16(20)2;1-13-3-10-19-20(11-13)27-22(25-19)15-4-7-17(8-5-15)24-21(26)18-9-6-16(23)12-14(18)2;1-2(3)4/h5-14H,1-4H3,(H,25,28);3-12H,23H2,1-2H3,(H,24,26);1H3,(H,3,4). The number of thiazole rings is 2. The molecule has 0 atom stereocenters. The third kappa shape index (κ3) is 10.8. The minimum absolute atomic E-state index is 0.101. The molecule has 2 amide bonds. The number of anilines is 4. The molecule has 2 heterocycles. The number of rotatable bonds is 7. The van der Waals surface area contributed by atoms with E-state index in [0.717, 1.165) is 67.3 Å². The van der Waals surface area contributed by atoms with E-state index < -0.39 is 5.97 Å². The smallest absolute Gasteiger partial charge is 0.300 e. The molecule has 0 aliphatic carbocycles. The van der Waals surface area contributed by atoms with Gasteiger partial charge >= 0.3 is 0 Å². The van der Waals surface area contributed by atoms with E-state index in [9.17, 15) is 9.59 Å². The normalized spacial score (nSPS) is 10.6. The first-order chi connectivity index (χ1) is 28.6. The molecule has 8 aromatic rings. The van der Waals surface area contributed by atoms with Gasteiger partial charge in [0.05, 0.1) is 20.4 Å². The molecule has 0 saturated heterocycles. The van der Waals surface area contributed by atoms with Crippen LogP contribution >= 0.6 is 22.7 Å². The third-order valence-electron chi connectivity index (χ3n) is 9.33. The summed E-state index contributed by atoms with van der Waals surface area (Å²) in [6.45, 7) is 9.09. The van der Waals surface area contributed by atoms with Gasteiger partial charge < -0.3 is 26.4 Å². The van der Waals surface area contributed by atoms with Gasteiger partial charge in [-0.2, -0.15) is 0 Å². The van der Waals surface area contributed by atoms with Crippen molar-refractivity contribution in [1.82, 2.24) is 9.97 Å². The Morgan fingerprint density at radius 2 is 1.00 bits per heavy atom. The topological polar surface area (TPSA) is 151 Å². The fourth-order valence-electron chi connectivity index (χ4n) is 6.22. The summed E-state index contributed by atoms with van der Waals surface area (Å²) >= 11 is 3.36. The number of carbonyl (C=O) groups excluding carboxylic acids is 2. The van der Waals surface area contributed by atoms with Crippen LogP contribution in [-0.4, -0.2) is 47.0 Å². The molecule has 12 heteroatoms. The van der Waals surface area contributed by atoms with Gasteiger partial charge in [-0.15, -0.1) is 22.7 Å². The Bertz CT molecular complexity index is 2820. The van der Waals surface area contributed by atoms with Crippen molar-refractivity contribution in [2.45, 2.75) is 34.6 Å². The highest BCUT2D eigenvalue weighted by molar-refractivity contribution is 7.22. The lowest BCUT2D eigenvalue weighted by Crippen LogP contribution is -2.14. The van der Waals surface area contributed by atoms with Crippen molar-refractivity contribution in [3.63, 3.8) is 0 Å².